The van der Waals surface area contributed by atoms with E-state index in [1.165, 1.54) is 22.0 Å². The van der Waals surface area contributed by atoms with E-state index in [1.807, 2.05) is 32.0 Å². The first-order chi connectivity index (χ1) is 16.7. The van der Waals surface area contributed by atoms with Crippen LogP contribution in [0.5, 0.6) is 0 Å². The van der Waals surface area contributed by atoms with Crippen LogP contribution in [0.4, 0.5) is 5.69 Å². The van der Waals surface area contributed by atoms with Crippen molar-refractivity contribution in [1.29, 1.82) is 0 Å². The number of hydrogen-bond donors (Lipinski definition) is 0. The molecule has 5 rings (SSSR count). The molecule has 180 valence electrons. The maximum absolute atomic E-state index is 13.4. The standard InChI is InChI=1S/C25H25N5O4S/c1-17-10-18(2)12-21(11-17)30-24-22(13-27-30)25(32)28(16-26-24)14-23(31)29(19-6-4-3-5-7-19)20-8-9-35(33,34)15-20/h3-7,10-13,16,20H,8-9,14-15H2,1-2H3/t20-/m0/s1. The van der Waals surface area contributed by atoms with Gasteiger partial charge in [0.2, 0.25) is 5.91 Å². The Kier molecular flexibility index (Phi) is 5.76. The first kappa shape index (κ1) is 23.0. The zero-order valence-electron chi connectivity index (χ0n) is 19.5. The van der Waals surface area contributed by atoms with Crippen LogP contribution < -0.4 is 10.5 Å². The lowest BCUT2D eigenvalue weighted by Gasteiger charge is -2.28. The lowest BCUT2D eigenvalue weighted by molar-refractivity contribution is -0.119. The van der Waals surface area contributed by atoms with E-state index in [0.717, 1.165) is 16.8 Å². The van der Waals surface area contributed by atoms with E-state index in [9.17, 15) is 18.0 Å². The van der Waals surface area contributed by atoms with E-state index in [1.54, 1.807) is 28.9 Å². The van der Waals surface area contributed by atoms with Crippen LogP contribution in [0.25, 0.3) is 16.7 Å². The van der Waals surface area contributed by atoms with Gasteiger partial charge in [0.05, 0.1) is 29.4 Å². The summed E-state index contributed by atoms with van der Waals surface area (Å²) in [6.45, 7) is 3.71. The molecule has 1 saturated heterocycles. The molecule has 1 aliphatic heterocycles. The van der Waals surface area contributed by atoms with Crippen LogP contribution in [-0.2, 0) is 21.2 Å². The lowest BCUT2D eigenvalue weighted by Crippen LogP contribution is -2.44. The number of aryl methyl sites for hydroxylation is 2. The van der Waals surface area contributed by atoms with E-state index >= 15 is 0 Å². The second-order valence-electron chi connectivity index (χ2n) is 8.97. The molecule has 35 heavy (non-hydrogen) atoms. The molecule has 0 aliphatic carbocycles. The summed E-state index contributed by atoms with van der Waals surface area (Å²) in [5, 5.41) is 4.67. The van der Waals surface area contributed by atoms with Crippen molar-refractivity contribution < 1.29 is 13.2 Å². The number of rotatable bonds is 5. The molecule has 3 heterocycles. The highest BCUT2D eigenvalue weighted by molar-refractivity contribution is 7.91. The molecule has 2 aromatic carbocycles. The smallest absolute Gasteiger partial charge is 0.264 e. The Morgan fingerprint density at radius 1 is 1.11 bits per heavy atom. The van der Waals surface area contributed by atoms with Crippen molar-refractivity contribution in [2.24, 2.45) is 0 Å². The summed E-state index contributed by atoms with van der Waals surface area (Å²) in [5.74, 6) is -0.426. The van der Waals surface area contributed by atoms with Gasteiger partial charge in [0.25, 0.3) is 5.56 Å². The largest absolute Gasteiger partial charge is 0.307 e. The zero-order valence-corrected chi connectivity index (χ0v) is 20.3. The van der Waals surface area contributed by atoms with Gasteiger partial charge in [0.15, 0.2) is 15.5 Å². The Bertz CT molecular complexity index is 1570. The quantitative estimate of drug-likeness (QED) is 0.424. The first-order valence-corrected chi connectivity index (χ1v) is 13.1. The number of carbonyl (C=O) groups excluding carboxylic acids is 1. The molecule has 1 atom stereocenters. The van der Waals surface area contributed by atoms with Crippen LogP contribution in [0, 0.1) is 13.8 Å². The average Bonchev–Trinajstić information content (AvgIpc) is 3.39. The Hall–Kier alpha value is -3.79. The van der Waals surface area contributed by atoms with Crippen molar-refractivity contribution in [2.45, 2.75) is 32.9 Å². The van der Waals surface area contributed by atoms with Crippen LogP contribution in [0.1, 0.15) is 17.5 Å². The van der Waals surface area contributed by atoms with Crippen molar-refractivity contribution in [1.82, 2.24) is 19.3 Å². The van der Waals surface area contributed by atoms with Crippen molar-refractivity contribution in [3.05, 3.63) is 82.5 Å². The highest BCUT2D eigenvalue weighted by Gasteiger charge is 2.35. The summed E-state index contributed by atoms with van der Waals surface area (Å²) >= 11 is 0. The van der Waals surface area contributed by atoms with E-state index in [4.69, 9.17) is 0 Å². The normalized spacial score (nSPS) is 17.0. The molecule has 4 aromatic rings. The maximum atomic E-state index is 13.4. The van der Waals surface area contributed by atoms with E-state index < -0.39 is 15.9 Å². The number of para-hydroxylation sites is 1. The lowest BCUT2D eigenvalue weighted by atomic mass is 10.1. The van der Waals surface area contributed by atoms with Gasteiger partial charge in [0, 0.05) is 5.69 Å². The third-order valence-corrected chi connectivity index (χ3v) is 7.94. The molecule has 1 amide bonds. The molecule has 1 fully saturated rings. The molecule has 0 radical (unpaired) electrons. The average molecular weight is 492 g/mol. The molecule has 0 saturated carbocycles. The molecule has 0 unspecified atom stereocenters. The van der Waals surface area contributed by atoms with Crippen LogP contribution >= 0.6 is 0 Å². The number of aromatic nitrogens is 4. The van der Waals surface area contributed by atoms with Crippen molar-refractivity contribution in [2.75, 3.05) is 16.4 Å². The molecule has 0 N–H and O–H groups in total. The number of anilines is 1. The molecule has 9 nitrogen and oxygen atoms in total. The number of amides is 1. The SMILES string of the molecule is Cc1cc(C)cc(-n2ncc3c(=O)n(CC(=O)N(c4ccccc4)[C@H]4CCS(=O)(=O)C4)cnc32)c1. The monoisotopic (exact) mass is 491 g/mol. The topological polar surface area (TPSA) is 107 Å². The summed E-state index contributed by atoms with van der Waals surface area (Å²) in [5.41, 5.74) is 3.56. The van der Waals surface area contributed by atoms with Gasteiger partial charge in [-0.2, -0.15) is 5.10 Å². The molecule has 0 bridgehead atoms. The Morgan fingerprint density at radius 3 is 2.49 bits per heavy atom. The minimum atomic E-state index is -3.21. The van der Waals surface area contributed by atoms with Gasteiger partial charge < -0.3 is 4.90 Å². The van der Waals surface area contributed by atoms with Crippen molar-refractivity contribution in [3.8, 4) is 5.69 Å². The predicted molar refractivity (Wildman–Crippen MR) is 134 cm³/mol. The van der Waals surface area contributed by atoms with Gasteiger partial charge in [-0.05, 0) is 55.7 Å². The van der Waals surface area contributed by atoms with E-state index in [2.05, 4.69) is 16.1 Å². The molecular weight excluding hydrogens is 466 g/mol. The summed E-state index contributed by atoms with van der Waals surface area (Å²) in [4.78, 5) is 32.6. The fourth-order valence-electron chi connectivity index (χ4n) is 4.67. The fourth-order valence-corrected chi connectivity index (χ4v) is 6.37. The van der Waals surface area contributed by atoms with Gasteiger partial charge in [-0.3, -0.25) is 14.2 Å². The second-order valence-corrected chi connectivity index (χ2v) is 11.2. The molecular formula is C25H25N5O4S. The summed E-state index contributed by atoms with van der Waals surface area (Å²) in [6.07, 6.45) is 3.16. The van der Waals surface area contributed by atoms with Crippen molar-refractivity contribution in [3.63, 3.8) is 0 Å². The number of benzene rings is 2. The van der Waals surface area contributed by atoms with Gasteiger partial charge in [-0.15, -0.1) is 0 Å². The molecule has 2 aromatic heterocycles. The predicted octanol–water partition coefficient (Wildman–Crippen LogP) is 2.42. The third kappa shape index (κ3) is 4.49. The van der Waals surface area contributed by atoms with Crippen molar-refractivity contribution >= 4 is 32.5 Å². The zero-order chi connectivity index (χ0) is 24.7. The summed E-state index contributed by atoms with van der Waals surface area (Å²) in [7, 11) is -3.21. The highest BCUT2D eigenvalue weighted by atomic mass is 32.2. The highest BCUT2D eigenvalue weighted by Crippen LogP contribution is 2.25. The summed E-state index contributed by atoms with van der Waals surface area (Å²) in [6, 6.07) is 14.4. The van der Waals surface area contributed by atoms with Crippen LogP contribution in [-0.4, -0.2) is 51.2 Å². The second kappa shape index (κ2) is 8.77. The Balaban J connectivity index is 1.49. The number of fused-ring (bicyclic) bond motifs is 1. The number of hydrogen-bond acceptors (Lipinski definition) is 6. The van der Waals surface area contributed by atoms with Gasteiger partial charge in [-0.1, -0.05) is 24.3 Å². The maximum Gasteiger partial charge on any atom is 0.264 e. The minimum absolute atomic E-state index is 0.0410. The Labute approximate surface area is 202 Å². The minimum Gasteiger partial charge on any atom is -0.307 e. The molecule has 1 aliphatic rings. The van der Waals surface area contributed by atoms with Crippen LogP contribution in [0.2, 0.25) is 0 Å². The van der Waals surface area contributed by atoms with Crippen LogP contribution in [0.3, 0.4) is 0 Å². The summed E-state index contributed by atoms with van der Waals surface area (Å²) < 4.78 is 27.1. The Morgan fingerprint density at radius 2 is 1.83 bits per heavy atom. The van der Waals surface area contributed by atoms with Gasteiger partial charge >= 0.3 is 0 Å². The van der Waals surface area contributed by atoms with Crippen LogP contribution in [0.15, 0.2) is 65.8 Å². The fraction of sp³-hybridized carbons (Fsp3) is 0.280. The molecule has 10 heteroatoms. The number of sulfone groups is 1. The first-order valence-electron chi connectivity index (χ1n) is 11.3. The molecule has 0 spiro atoms. The number of carbonyl (C=O) groups is 1. The van der Waals surface area contributed by atoms with E-state index in [0.29, 0.717) is 23.1 Å². The number of nitrogens with zero attached hydrogens (tertiary/aromatic N) is 5. The third-order valence-electron chi connectivity index (χ3n) is 6.19. The van der Waals surface area contributed by atoms with Gasteiger partial charge in [0.1, 0.15) is 18.3 Å². The van der Waals surface area contributed by atoms with Gasteiger partial charge in [-0.25, -0.2) is 18.1 Å². The van der Waals surface area contributed by atoms with E-state index in [-0.39, 0.29) is 29.5 Å².